The molecule has 0 bridgehead atoms. The summed E-state index contributed by atoms with van der Waals surface area (Å²) in [4.78, 5) is 16.3. The zero-order valence-corrected chi connectivity index (χ0v) is 17.4. The summed E-state index contributed by atoms with van der Waals surface area (Å²) in [7, 11) is 2.03. The molecule has 2 aromatic heterocycles. The highest BCUT2D eigenvalue weighted by atomic mass is 16.5. The minimum Gasteiger partial charge on any atom is -0.358 e. The third-order valence-corrected chi connectivity index (χ3v) is 5.11. The van der Waals surface area contributed by atoms with E-state index in [0.29, 0.717) is 5.76 Å². The quantitative estimate of drug-likeness (QED) is 0.596. The normalized spacial score (nSPS) is 14.9. The summed E-state index contributed by atoms with van der Waals surface area (Å²) in [5.74, 6) is 0.670. The van der Waals surface area contributed by atoms with Gasteiger partial charge in [-0.05, 0) is 20.8 Å². The molecular weight excluding hydrogens is 350 g/mol. The first-order valence-electron chi connectivity index (χ1n) is 9.72. The van der Waals surface area contributed by atoms with Crippen LogP contribution in [0.25, 0.3) is 11.1 Å². The van der Waals surface area contributed by atoms with Crippen LogP contribution in [0.15, 0.2) is 40.0 Å². The van der Waals surface area contributed by atoms with Gasteiger partial charge in [-0.15, -0.1) is 0 Å². The molecule has 0 N–H and O–H groups in total. The van der Waals surface area contributed by atoms with Gasteiger partial charge in [0.05, 0.1) is 17.0 Å². The fourth-order valence-electron chi connectivity index (χ4n) is 3.62. The molecule has 0 saturated carbocycles. The minimum atomic E-state index is -0.364. The van der Waals surface area contributed by atoms with Crippen molar-refractivity contribution in [3.8, 4) is 11.1 Å². The highest BCUT2D eigenvalue weighted by Gasteiger charge is 2.32. The van der Waals surface area contributed by atoms with Gasteiger partial charge >= 0.3 is 0 Å². The van der Waals surface area contributed by atoms with Gasteiger partial charge in [0.1, 0.15) is 12.3 Å². The number of aldehydes is 1. The predicted octanol–water partition coefficient (Wildman–Crippen LogP) is 5.11. The van der Waals surface area contributed by atoms with Gasteiger partial charge in [-0.3, -0.25) is 4.99 Å². The Labute approximate surface area is 166 Å². The summed E-state index contributed by atoms with van der Waals surface area (Å²) < 4.78 is 7.72. The van der Waals surface area contributed by atoms with E-state index < -0.39 is 0 Å². The van der Waals surface area contributed by atoms with Gasteiger partial charge < -0.3 is 13.9 Å². The van der Waals surface area contributed by atoms with Crippen molar-refractivity contribution in [3.63, 3.8) is 0 Å². The molecule has 0 radical (unpaired) electrons. The Morgan fingerprint density at radius 2 is 1.79 bits per heavy atom. The molecule has 3 heterocycles. The number of aliphatic imine (C=N–C) groups is 1. The minimum absolute atomic E-state index is 0.270. The topological polar surface area (TPSA) is 60.4 Å². The van der Waals surface area contributed by atoms with E-state index in [1.807, 2.05) is 27.8 Å². The molecular formula is C23H27N3O2. The van der Waals surface area contributed by atoms with Crippen LogP contribution in [0.1, 0.15) is 60.1 Å². The first-order chi connectivity index (χ1) is 13.5. The number of aryl methyl sites for hydroxylation is 3. The Morgan fingerprint density at radius 1 is 1.11 bits per heavy atom. The van der Waals surface area contributed by atoms with Crippen molar-refractivity contribution in [2.24, 2.45) is 12.0 Å². The van der Waals surface area contributed by atoms with Crippen LogP contribution in [0.2, 0.25) is 0 Å². The molecule has 5 heteroatoms. The third-order valence-electron chi connectivity index (χ3n) is 5.11. The number of fused-ring (bicyclic) bond motifs is 3. The molecule has 1 aliphatic heterocycles. The summed E-state index contributed by atoms with van der Waals surface area (Å²) in [6, 6.07) is 7.97. The molecule has 0 amide bonds. The first kappa shape index (κ1) is 19.8. The zero-order chi connectivity index (χ0) is 20.4. The van der Waals surface area contributed by atoms with Gasteiger partial charge in [0.15, 0.2) is 5.76 Å². The molecule has 4 rings (SSSR count). The number of nitrogens with zero attached hydrogens (tertiary/aromatic N) is 3. The molecule has 146 valence electrons. The van der Waals surface area contributed by atoms with Crippen molar-refractivity contribution < 1.29 is 9.32 Å². The van der Waals surface area contributed by atoms with Gasteiger partial charge in [0.25, 0.3) is 0 Å². The number of rotatable bonds is 3. The number of benzene rings is 1. The maximum Gasteiger partial charge on any atom is 0.169 e. The average molecular weight is 377 g/mol. The number of carbonyl (C=O) groups excluding carboxylic acids is 1. The van der Waals surface area contributed by atoms with E-state index >= 15 is 0 Å². The second-order valence-electron chi connectivity index (χ2n) is 6.88. The van der Waals surface area contributed by atoms with Crippen LogP contribution < -0.4 is 0 Å². The Morgan fingerprint density at radius 3 is 2.43 bits per heavy atom. The standard InChI is InChI=1S/C21H21N3O2.C2H6/c1-12-5-7-15(8-6-12)20-19-14(3)24(4)11-16(19)18-13(2)23-26-21(18)17(22-20)9-10-25;1-2/h5-8,10-11,17H,9H2,1-4H3;1-2H3/t17-;/m0./s1. The Kier molecular flexibility index (Phi) is 5.63. The molecule has 28 heavy (non-hydrogen) atoms. The predicted molar refractivity (Wildman–Crippen MR) is 112 cm³/mol. The lowest BCUT2D eigenvalue weighted by Crippen LogP contribution is -2.08. The number of hydrogen-bond acceptors (Lipinski definition) is 4. The highest BCUT2D eigenvalue weighted by molar-refractivity contribution is 6.18. The fraction of sp³-hybridized carbons (Fsp3) is 0.348. The number of hydrogen-bond donors (Lipinski definition) is 0. The van der Waals surface area contributed by atoms with E-state index in [1.54, 1.807) is 0 Å². The molecule has 0 fully saturated rings. The molecule has 0 unspecified atom stereocenters. The third kappa shape index (κ3) is 3.21. The first-order valence-corrected chi connectivity index (χ1v) is 9.72. The van der Waals surface area contributed by atoms with Crippen LogP contribution in [0.5, 0.6) is 0 Å². The molecule has 1 aliphatic rings. The largest absolute Gasteiger partial charge is 0.358 e. The zero-order valence-electron chi connectivity index (χ0n) is 17.4. The van der Waals surface area contributed by atoms with E-state index in [1.165, 1.54) is 5.56 Å². The lowest BCUT2D eigenvalue weighted by atomic mass is 9.95. The fourth-order valence-corrected chi connectivity index (χ4v) is 3.62. The van der Waals surface area contributed by atoms with Gasteiger partial charge in [-0.1, -0.05) is 48.8 Å². The van der Waals surface area contributed by atoms with Crippen LogP contribution in [0.3, 0.4) is 0 Å². The summed E-state index contributed by atoms with van der Waals surface area (Å²) in [6.07, 6.45) is 3.26. The summed E-state index contributed by atoms with van der Waals surface area (Å²) in [5.41, 5.74) is 8.18. The maximum absolute atomic E-state index is 11.3. The highest BCUT2D eigenvalue weighted by Crippen LogP contribution is 2.42. The molecule has 3 aromatic rings. The summed E-state index contributed by atoms with van der Waals surface area (Å²) >= 11 is 0. The molecule has 1 aromatic carbocycles. The second-order valence-corrected chi connectivity index (χ2v) is 6.88. The Balaban J connectivity index is 0.00000109. The molecule has 1 atom stereocenters. The smallest absolute Gasteiger partial charge is 0.169 e. The van der Waals surface area contributed by atoms with E-state index in [-0.39, 0.29) is 12.5 Å². The van der Waals surface area contributed by atoms with Crippen LogP contribution in [0.4, 0.5) is 0 Å². The van der Waals surface area contributed by atoms with Crippen molar-refractivity contribution in [1.29, 1.82) is 0 Å². The van der Waals surface area contributed by atoms with E-state index in [9.17, 15) is 4.79 Å². The summed E-state index contributed by atoms with van der Waals surface area (Å²) in [5, 5.41) is 4.15. The van der Waals surface area contributed by atoms with Crippen LogP contribution in [-0.2, 0) is 11.8 Å². The number of carbonyl (C=O) groups is 1. The van der Waals surface area contributed by atoms with Gasteiger partial charge in [-0.25, -0.2) is 0 Å². The maximum atomic E-state index is 11.3. The molecule has 0 aliphatic carbocycles. The molecule has 0 spiro atoms. The van der Waals surface area contributed by atoms with Gasteiger partial charge in [0.2, 0.25) is 0 Å². The van der Waals surface area contributed by atoms with Gasteiger partial charge in [0, 0.05) is 42.0 Å². The van der Waals surface area contributed by atoms with E-state index in [0.717, 1.165) is 45.6 Å². The number of aromatic nitrogens is 2. The lowest BCUT2D eigenvalue weighted by molar-refractivity contribution is -0.108. The average Bonchev–Trinajstić information content (AvgIpc) is 3.17. The van der Waals surface area contributed by atoms with Crippen molar-refractivity contribution in [1.82, 2.24) is 9.72 Å². The van der Waals surface area contributed by atoms with E-state index in [2.05, 4.69) is 54.0 Å². The summed E-state index contributed by atoms with van der Waals surface area (Å²) in [6.45, 7) is 10.1. The van der Waals surface area contributed by atoms with Crippen molar-refractivity contribution in [2.75, 3.05) is 0 Å². The molecule has 0 saturated heterocycles. The molecule has 5 nitrogen and oxygen atoms in total. The Hall–Kier alpha value is -2.95. The second kappa shape index (κ2) is 7.97. The van der Waals surface area contributed by atoms with Crippen molar-refractivity contribution >= 4 is 12.0 Å². The lowest BCUT2D eigenvalue weighted by Gasteiger charge is -2.11. The van der Waals surface area contributed by atoms with E-state index in [4.69, 9.17) is 9.52 Å². The van der Waals surface area contributed by atoms with Crippen molar-refractivity contribution in [3.05, 3.63) is 64.3 Å². The monoisotopic (exact) mass is 377 g/mol. The Bertz CT molecular complexity index is 1020. The van der Waals surface area contributed by atoms with Crippen molar-refractivity contribution in [2.45, 2.75) is 47.1 Å². The van der Waals surface area contributed by atoms with Crippen LogP contribution >= 0.6 is 0 Å². The SMILES string of the molecule is CC.Cc1ccc(C2=N[C@@H](CC=O)c3onc(C)c3-c3cn(C)c(C)c32)cc1. The van der Waals surface area contributed by atoms with Crippen LogP contribution in [-0.4, -0.2) is 21.7 Å². The van der Waals surface area contributed by atoms with Crippen LogP contribution in [0, 0.1) is 20.8 Å². The van der Waals surface area contributed by atoms with Gasteiger partial charge in [-0.2, -0.15) is 0 Å².